The Hall–Kier alpha value is -9.79. The summed E-state index contributed by atoms with van der Waals surface area (Å²) in [4.78, 5) is 161. The number of hydrogen-bond acceptors (Lipinski definition) is 19. The van der Waals surface area contributed by atoms with Gasteiger partial charge in [-0.05, 0) is 83.8 Å². The van der Waals surface area contributed by atoms with E-state index in [1.54, 1.807) is 109 Å². The number of unbranched alkanes of at least 4 members (excludes halogenated alkanes) is 1. The molecule has 0 aliphatic carbocycles. The molecule has 30 heteroatoms. The minimum Gasteiger partial charge on any atom is -0.480 e. The maximum absolute atomic E-state index is 15.6. The molecule has 6 aromatic rings. The third-order valence-electron chi connectivity index (χ3n) is 17.9. The number of likely N-dealkylation sites (N-methyl/N-ethyl adjacent to an activating group) is 1. The summed E-state index contributed by atoms with van der Waals surface area (Å²) in [7, 11) is 2.99. The molecule has 0 bridgehead atoms. The van der Waals surface area contributed by atoms with E-state index in [2.05, 4.69) is 53.2 Å². The number of aliphatic hydroxyl groups is 3. The summed E-state index contributed by atoms with van der Waals surface area (Å²) in [6.07, 6.45) is -3.65. The number of amides is 10. The number of carboxylic acids is 1. The number of fused-ring (bicyclic) bond motifs is 1. The summed E-state index contributed by atoms with van der Waals surface area (Å²) >= 11 is 0. The fourth-order valence-electron chi connectivity index (χ4n) is 11.8. The van der Waals surface area contributed by atoms with Crippen LogP contribution in [-0.4, -0.2) is 207 Å². The van der Waals surface area contributed by atoms with Crippen molar-refractivity contribution in [2.45, 2.75) is 170 Å². The molecule has 0 saturated carbocycles. The summed E-state index contributed by atoms with van der Waals surface area (Å²) in [6.45, 7) is 5.95. The van der Waals surface area contributed by atoms with Crippen LogP contribution in [0.3, 0.4) is 0 Å². The lowest BCUT2D eigenvalue weighted by molar-refractivity contribution is -0.149. The Morgan fingerprint density at radius 1 is 0.458 bits per heavy atom. The number of nitrogens with one attached hydrogen (secondary N) is 10. The lowest BCUT2D eigenvalue weighted by Gasteiger charge is -2.30. The van der Waals surface area contributed by atoms with Crippen LogP contribution in [0, 0.1) is 0 Å². The maximum Gasteiger partial charge on any atom is 0.327 e. The van der Waals surface area contributed by atoms with Crippen LogP contribution in [0.15, 0.2) is 158 Å². The fraction of sp³-hybridized carbons (Fsp3) is 0.416. The van der Waals surface area contributed by atoms with Gasteiger partial charge in [-0.1, -0.05) is 193 Å². The highest BCUT2D eigenvalue weighted by Crippen LogP contribution is 2.25. The largest absolute Gasteiger partial charge is 0.480 e. The van der Waals surface area contributed by atoms with Gasteiger partial charge in [-0.15, -0.1) is 0 Å². The zero-order valence-electron chi connectivity index (χ0n) is 60.5. The van der Waals surface area contributed by atoms with Crippen molar-refractivity contribution in [1.82, 2.24) is 58.1 Å². The van der Waals surface area contributed by atoms with Gasteiger partial charge in [0.2, 0.25) is 59.1 Å². The molecule has 10 amide bonds. The molecular formula is C77H99N13O15S2. The Morgan fingerprint density at radius 3 is 1.25 bits per heavy atom. The summed E-state index contributed by atoms with van der Waals surface area (Å²) in [6, 6.07) is 28.3. The standard InChI is InChI=1S/C77H99N13O15S2/c1-45(2)80-41-52-30-28-51(29-31-52)39-60-72(99)88-65(46(3)92)74(101)86-61(38-50-23-13-8-14-24-50)73(100)89-66(47(4)93)75(102)87-63(42-91)76(103)90(5)64(77(104)105)44-107-106-43-56(79)67(94)81-57(27-17-18-34-78)68(95)82-58(36-48-19-9-6-10-20-48)69(96)83-59(37-49-21-11-7-12-22-49)70(97)85-62(71(98)84-60)40-53-32-33-54-25-15-16-26-55(54)35-53/h6-16,19-26,28-33,35,45-47,56-66,80,91-93H,17-18,27,34,36-44,78-79H2,1-5H3,(H,81,94)(H,82,95)(H,83,96)(H,84,98)(H,85,97)(H,86,101)(H,87,102)(H,88,99)(H,89,100)(H,104,105)/t46-,47-,56+,57+,58+,59+,60+,61+,62-,63+,64+,65-,66+/m1/s1. The second-order valence-electron chi connectivity index (χ2n) is 26.8. The maximum atomic E-state index is 15.6. The number of aliphatic hydroxyl groups excluding tert-OH is 3. The molecule has 0 aromatic heterocycles. The molecule has 0 radical (unpaired) electrons. The Bertz CT molecular complexity index is 3960. The molecule has 107 heavy (non-hydrogen) atoms. The van der Waals surface area contributed by atoms with E-state index in [1.165, 1.54) is 6.92 Å². The van der Waals surface area contributed by atoms with Crippen molar-refractivity contribution in [2.24, 2.45) is 11.5 Å². The van der Waals surface area contributed by atoms with Crippen LogP contribution in [0.5, 0.6) is 0 Å². The SMILES string of the molecule is CC(C)NCc1ccc(C[C@@H]2NC(=O)[C@@H](Cc3ccc4ccccc4c3)NC(=O)[C@H](Cc3ccccc3)NC(=O)[C@H](Cc3ccccc3)NC(=O)[C@H](CCCCN)NC(=O)[C@@H](N)CSSC[C@@H](C(=O)O)N(C)C(=O)[C@H](CO)NC(=O)[C@H]([C@@H](C)O)NC(=O)[C@H](Cc3ccccc3)NC(=O)[C@@H]([C@@H](C)O)NC2=O)cc1. The second-order valence-corrected chi connectivity index (χ2v) is 29.4. The first-order valence-electron chi connectivity index (χ1n) is 35.5. The first-order valence-corrected chi connectivity index (χ1v) is 38.0. The fourth-order valence-corrected chi connectivity index (χ4v) is 14.2. The Labute approximate surface area is 630 Å². The van der Waals surface area contributed by atoms with E-state index in [-0.39, 0.29) is 62.6 Å². The number of carboxylic acid groups (broad SMARTS) is 1. The number of carbonyl (C=O) groups excluding carboxylic acids is 10. The summed E-state index contributed by atoms with van der Waals surface area (Å²) in [5.74, 6) is -11.7. The average Bonchev–Trinajstić information content (AvgIpc) is 0.835. The van der Waals surface area contributed by atoms with Crippen molar-refractivity contribution in [3.8, 4) is 0 Å². The van der Waals surface area contributed by atoms with Crippen molar-refractivity contribution < 1.29 is 73.2 Å². The number of carbonyl (C=O) groups is 11. The number of benzene rings is 6. The third kappa shape index (κ3) is 26.6. The molecule has 1 fully saturated rings. The molecule has 1 aliphatic heterocycles. The molecule has 574 valence electrons. The van der Waals surface area contributed by atoms with Crippen LogP contribution in [0.25, 0.3) is 10.8 Å². The normalized spacial score (nSPS) is 23.6. The third-order valence-corrected chi connectivity index (χ3v) is 20.4. The van der Waals surface area contributed by atoms with E-state index in [0.717, 1.165) is 56.8 Å². The lowest BCUT2D eigenvalue weighted by atomic mass is 9.98. The quantitative estimate of drug-likeness (QED) is 0.0349. The first kappa shape index (κ1) is 84.5. The van der Waals surface area contributed by atoms with Crippen molar-refractivity contribution >= 4 is 97.4 Å². The van der Waals surface area contributed by atoms with E-state index in [1.807, 2.05) is 62.4 Å². The highest BCUT2D eigenvalue weighted by atomic mass is 33.1. The lowest BCUT2D eigenvalue weighted by Crippen LogP contribution is -2.63. The first-order chi connectivity index (χ1) is 51.2. The molecule has 0 unspecified atom stereocenters. The number of hydrogen-bond donors (Lipinski definition) is 16. The van der Waals surface area contributed by atoms with Gasteiger partial charge in [0.1, 0.15) is 60.4 Å². The predicted octanol–water partition coefficient (Wildman–Crippen LogP) is 0.731. The second kappa shape index (κ2) is 42.5. The van der Waals surface area contributed by atoms with Gasteiger partial charge in [-0.2, -0.15) is 0 Å². The summed E-state index contributed by atoms with van der Waals surface area (Å²) in [5, 5.41) is 72.4. The van der Waals surface area contributed by atoms with Gasteiger partial charge in [0.15, 0.2) is 0 Å². The molecule has 1 aliphatic rings. The minimum absolute atomic E-state index is 0.0314. The zero-order chi connectivity index (χ0) is 77.7. The van der Waals surface area contributed by atoms with E-state index in [9.17, 15) is 54.0 Å². The van der Waals surface area contributed by atoms with Crippen LogP contribution in [0.1, 0.15) is 80.3 Å². The number of aliphatic carboxylic acids is 1. The van der Waals surface area contributed by atoms with Gasteiger partial charge >= 0.3 is 5.97 Å². The minimum atomic E-state index is -1.91. The molecule has 18 N–H and O–H groups in total. The van der Waals surface area contributed by atoms with Gasteiger partial charge in [0.05, 0.1) is 24.9 Å². The van der Waals surface area contributed by atoms with Gasteiger partial charge in [-0.3, -0.25) is 47.9 Å². The predicted molar refractivity (Wildman–Crippen MR) is 408 cm³/mol. The smallest absolute Gasteiger partial charge is 0.327 e. The molecule has 1 saturated heterocycles. The summed E-state index contributed by atoms with van der Waals surface area (Å²) in [5.41, 5.74) is 15.9. The van der Waals surface area contributed by atoms with Crippen molar-refractivity contribution in [2.75, 3.05) is 31.7 Å². The van der Waals surface area contributed by atoms with Crippen LogP contribution < -0.4 is 64.6 Å². The Morgan fingerprint density at radius 2 is 0.822 bits per heavy atom. The average molecular weight is 1510 g/mol. The Balaban J connectivity index is 1.33. The van der Waals surface area contributed by atoms with Crippen molar-refractivity contribution in [1.29, 1.82) is 0 Å². The molecule has 0 spiro atoms. The highest BCUT2D eigenvalue weighted by molar-refractivity contribution is 8.76. The van der Waals surface area contributed by atoms with E-state index in [0.29, 0.717) is 47.2 Å². The molecule has 13 atom stereocenters. The molecule has 1 heterocycles. The Kier molecular flexibility index (Phi) is 33.6. The van der Waals surface area contributed by atoms with Crippen LogP contribution >= 0.6 is 21.6 Å². The zero-order valence-corrected chi connectivity index (χ0v) is 62.1. The van der Waals surface area contributed by atoms with Crippen molar-refractivity contribution in [3.05, 3.63) is 191 Å². The van der Waals surface area contributed by atoms with E-state index < -0.39 is 150 Å². The van der Waals surface area contributed by atoms with Crippen LogP contribution in [0.4, 0.5) is 0 Å². The van der Waals surface area contributed by atoms with Gasteiger partial charge in [0.25, 0.3) is 0 Å². The summed E-state index contributed by atoms with van der Waals surface area (Å²) < 4.78 is 0. The van der Waals surface area contributed by atoms with Gasteiger partial charge < -0.3 is 90.0 Å². The van der Waals surface area contributed by atoms with Crippen LogP contribution in [-0.2, 0) is 91.4 Å². The van der Waals surface area contributed by atoms with E-state index >= 15 is 19.2 Å². The van der Waals surface area contributed by atoms with Crippen molar-refractivity contribution in [3.63, 3.8) is 0 Å². The monoisotopic (exact) mass is 1510 g/mol. The molecule has 28 nitrogen and oxygen atoms in total. The highest BCUT2D eigenvalue weighted by Gasteiger charge is 2.40. The number of nitrogens with zero attached hydrogens (tertiary/aromatic N) is 1. The topological polar surface area (TPSA) is 444 Å². The van der Waals surface area contributed by atoms with Crippen LogP contribution in [0.2, 0.25) is 0 Å². The van der Waals surface area contributed by atoms with Gasteiger partial charge in [0, 0.05) is 63.2 Å². The van der Waals surface area contributed by atoms with E-state index in [4.69, 9.17) is 11.5 Å². The number of rotatable bonds is 21. The molecule has 6 aromatic carbocycles. The number of nitrogens with two attached hydrogens (primary N) is 2. The van der Waals surface area contributed by atoms with Gasteiger partial charge in [-0.25, -0.2) is 4.79 Å². The molecule has 7 rings (SSSR count). The molecular weight excluding hydrogens is 1410 g/mol.